The van der Waals surface area contributed by atoms with Gasteiger partial charge >= 0.3 is 6.09 Å². The molecule has 2 aromatic rings. The van der Waals surface area contributed by atoms with E-state index in [9.17, 15) is 27.6 Å². The quantitative estimate of drug-likeness (QED) is 0.234. The maximum absolute atomic E-state index is 14.9. The molecular formula is C46H58N6O9S2. The van der Waals surface area contributed by atoms with Gasteiger partial charge in [-0.2, -0.15) is 0 Å². The van der Waals surface area contributed by atoms with Crippen molar-refractivity contribution in [3.8, 4) is 22.2 Å². The van der Waals surface area contributed by atoms with Gasteiger partial charge in [-0.15, -0.1) is 11.3 Å². The summed E-state index contributed by atoms with van der Waals surface area (Å²) in [6.07, 6.45) is 15.9. The molecule has 4 aliphatic carbocycles. The molecule has 0 spiro atoms. The monoisotopic (exact) mass is 902 g/mol. The van der Waals surface area contributed by atoms with Crippen molar-refractivity contribution < 1.29 is 41.8 Å². The zero-order valence-corrected chi connectivity index (χ0v) is 38.0. The minimum Gasteiger partial charge on any atom is -0.484 e. The van der Waals surface area contributed by atoms with E-state index in [-0.39, 0.29) is 43.4 Å². The molecule has 3 aliphatic heterocycles. The van der Waals surface area contributed by atoms with Crippen molar-refractivity contribution in [2.45, 2.75) is 164 Å². The minimum atomic E-state index is -4.01. The molecule has 17 heteroatoms. The smallest absolute Gasteiger partial charge is 0.408 e. The SMILES string of the molecule is CC1=CC2Oc3c(O[C@@H]4C[C@H]5C(=O)N[C@]6(C(=O)NS(=O)(=O)C7(C)CC7)C[C@H]6/C=C\CCCCC[C@H](NC(=O)OC6CCCC6)C(=O)N5C4)cc(-c4nc(C(C)C)cs4)nc3C2C=C1. The van der Waals surface area contributed by atoms with Gasteiger partial charge in [0.1, 0.15) is 46.6 Å². The molecule has 15 nitrogen and oxygen atoms in total. The van der Waals surface area contributed by atoms with Crippen molar-refractivity contribution in [1.82, 2.24) is 30.2 Å². The molecule has 3 saturated carbocycles. The van der Waals surface area contributed by atoms with Gasteiger partial charge in [-0.05, 0) is 90.0 Å². The third-order valence-corrected chi connectivity index (χ3v) is 16.9. The second-order valence-corrected chi connectivity index (χ2v) is 22.1. The first-order valence-corrected chi connectivity index (χ1v) is 25.0. The average Bonchev–Trinajstić information content (AvgIpc) is 3.72. The first-order chi connectivity index (χ1) is 30.1. The van der Waals surface area contributed by atoms with E-state index < -0.39 is 68.2 Å². The lowest BCUT2D eigenvalue weighted by Gasteiger charge is -2.30. The van der Waals surface area contributed by atoms with E-state index in [1.165, 1.54) is 16.2 Å². The van der Waals surface area contributed by atoms with Gasteiger partial charge in [0.15, 0.2) is 11.5 Å². The normalized spacial score (nSPS) is 30.6. The molecule has 0 bridgehead atoms. The Kier molecular flexibility index (Phi) is 11.7. The zero-order chi connectivity index (χ0) is 44.3. The maximum atomic E-state index is 14.9. The number of allylic oxidation sites excluding steroid dienone is 3. The number of carbonyl (C=O) groups excluding carboxylic acids is 4. The number of fused-ring (bicyclic) bond motifs is 5. The van der Waals surface area contributed by atoms with Gasteiger partial charge < -0.3 is 29.7 Å². The number of nitrogens with zero attached hydrogens (tertiary/aromatic N) is 3. The van der Waals surface area contributed by atoms with Crippen molar-refractivity contribution >= 4 is 45.2 Å². The van der Waals surface area contributed by atoms with Gasteiger partial charge in [-0.25, -0.2) is 23.2 Å². The van der Waals surface area contributed by atoms with Crippen LogP contribution in [0.25, 0.3) is 10.7 Å². The van der Waals surface area contributed by atoms with Crippen LogP contribution in [-0.2, 0) is 29.1 Å². The lowest BCUT2D eigenvalue weighted by molar-refractivity contribution is -0.141. The second kappa shape index (κ2) is 17.0. The number of carbonyl (C=O) groups is 4. The van der Waals surface area contributed by atoms with Crippen LogP contribution in [0.15, 0.2) is 47.4 Å². The maximum Gasteiger partial charge on any atom is 0.408 e. The average molecular weight is 903 g/mol. The standard InChI is InChI=1S/C46H58N6O9S2/c1-26(2)34-25-62-41(48-34)33-22-37(39-38(47-33)31-17-16-27(3)20-36(31)61-39)59-30-21-35-40(53)50-46(43(55)51-63(57,58)45(4)18-19-45)23-28(46)12-8-6-5-7-9-15-32(42(54)52(35)24-30)49-44(56)60-29-13-10-11-14-29/h8,12,16-17,20,22,25-26,28-32,35-36H,5-7,9-11,13-15,18-19,21,23-24H2,1-4H3,(H,49,56)(H,50,53)(H,51,55)/b12-8-/t28-,30-,31?,32+,35+,36?,46-/m1/s1. The molecule has 5 heterocycles. The lowest BCUT2D eigenvalue weighted by atomic mass is 9.93. The number of amides is 4. The first-order valence-electron chi connectivity index (χ1n) is 22.7. The number of alkyl carbamates (subject to hydrolysis) is 1. The number of rotatable bonds is 9. The van der Waals surface area contributed by atoms with E-state index in [2.05, 4.69) is 41.4 Å². The van der Waals surface area contributed by atoms with E-state index >= 15 is 0 Å². The van der Waals surface area contributed by atoms with Crippen LogP contribution >= 0.6 is 11.3 Å². The lowest BCUT2D eigenvalue weighted by Crippen LogP contribution is -2.58. The van der Waals surface area contributed by atoms with Crippen LogP contribution in [-0.4, -0.2) is 94.3 Å². The van der Waals surface area contributed by atoms with E-state index in [4.69, 9.17) is 24.2 Å². The van der Waals surface area contributed by atoms with Gasteiger partial charge in [0.2, 0.25) is 21.8 Å². The molecule has 3 N–H and O–H groups in total. The third kappa shape index (κ3) is 8.75. The summed E-state index contributed by atoms with van der Waals surface area (Å²) < 4.78 is 47.0. The number of nitrogens with one attached hydrogen (secondary N) is 3. The highest BCUT2D eigenvalue weighted by Gasteiger charge is 2.63. The Labute approximate surface area is 372 Å². The topological polar surface area (TPSA) is 195 Å². The van der Waals surface area contributed by atoms with E-state index in [1.54, 1.807) is 6.92 Å². The highest BCUT2D eigenvalue weighted by atomic mass is 32.2. The summed E-state index contributed by atoms with van der Waals surface area (Å²) in [4.78, 5) is 68.4. The van der Waals surface area contributed by atoms with Crippen molar-refractivity contribution in [2.24, 2.45) is 5.92 Å². The van der Waals surface area contributed by atoms with Crippen LogP contribution in [0.1, 0.15) is 134 Å². The molecule has 2 aromatic heterocycles. The molecular weight excluding hydrogens is 845 g/mol. The Bertz CT molecular complexity index is 2370. The molecule has 7 atom stereocenters. The molecule has 0 radical (unpaired) electrons. The fourth-order valence-corrected chi connectivity index (χ4v) is 11.7. The molecule has 4 fully saturated rings. The Morgan fingerprint density at radius 2 is 1.83 bits per heavy atom. The summed E-state index contributed by atoms with van der Waals surface area (Å²) in [5.74, 6) is -1.38. The Morgan fingerprint density at radius 3 is 2.57 bits per heavy atom. The van der Waals surface area contributed by atoms with Crippen molar-refractivity contribution in [1.29, 1.82) is 0 Å². The summed E-state index contributed by atoms with van der Waals surface area (Å²) in [6.45, 7) is 7.76. The van der Waals surface area contributed by atoms with Crippen LogP contribution in [0, 0.1) is 5.92 Å². The van der Waals surface area contributed by atoms with Gasteiger partial charge in [-0.1, -0.05) is 56.6 Å². The first kappa shape index (κ1) is 43.5. The van der Waals surface area contributed by atoms with Crippen molar-refractivity contribution in [3.05, 3.63) is 58.8 Å². The molecule has 4 amide bonds. The minimum absolute atomic E-state index is 0.0189. The Hall–Kier alpha value is -4.77. The van der Waals surface area contributed by atoms with Crippen LogP contribution in [0.3, 0.4) is 0 Å². The number of aromatic nitrogens is 2. The summed E-state index contributed by atoms with van der Waals surface area (Å²) in [5.41, 5.74) is 1.80. The van der Waals surface area contributed by atoms with Crippen molar-refractivity contribution in [3.63, 3.8) is 0 Å². The van der Waals surface area contributed by atoms with Crippen LogP contribution in [0.5, 0.6) is 11.5 Å². The number of pyridine rings is 1. The van der Waals surface area contributed by atoms with Gasteiger partial charge in [-0.3, -0.25) is 19.1 Å². The summed E-state index contributed by atoms with van der Waals surface area (Å²) >= 11 is 1.49. The number of hydrogen-bond acceptors (Lipinski definition) is 12. The summed E-state index contributed by atoms with van der Waals surface area (Å²) in [5, 5.41) is 8.55. The van der Waals surface area contributed by atoms with Crippen LogP contribution in [0.2, 0.25) is 0 Å². The molecule has 0 aromatic carbocycles. The third-order valence-electron chi connectivity index (χ3n) is 13.9. The van der Waals surface area contributed by atoms with Gasteiger partial charge in [0, 0.05) is 23.8 Å². The highest BCUT2D eigenvalue weighted by molar-refractivity contribution is 7.91. The van der Waals surface area contributed by atoms with E-state index in [1.807, 2.05) is 36.6 Å². The van der Waals surface area contributed by atoms with Crippen molar-refractivity contribution in [2.75, 3.05) is 6.54 Å². The number of hydrogen-bond donors (Lipinski definition) is 3. The number of ether oxygens (including phenoxy) is 3. The fraction of sp³-hybridized carbons (Fsp3) is 0.609. The second-order valence-electron chi connectivity index (χ2n) is 19.0. The molecule has 338 valence electrons. The summed E-state index contributed by atoms with van der Waals surface area (Å²) in [7, 11) is -4.01. The van der Waals surface area contributed by atoms with Gasteiger partial charge in [0.05, 0.1) is 28.6 Å². The zero-order valence-electron chi connectivity index (χ0n) is 36.4. The molecule has 9 rings (SSSR count). The number of sulfonamides is 1. The van der Waals surface area contributed by atoms with Crippen LogP contribution < -0.4 is 24.8 Å². The Morgan fingerprint density at radius 1 is 1.05 bits per heavy atom. The predicted octanol–water partition coefficient (Wildman–Crippen LogP) is 6.47. The molecule has 2 unspecified atom stereocenters. The molecule has 7 aliphatic rings. The van der Waals surface area contributed by atoms with Crippen LogP contribution in [0.4, 0.5) is 4.79 Å². The highest BCUT2D eigenvalue weighted by Crippen LogP contribution is 2.50. The van der Waals surface area contributed by atoms with E-state index in [0.29, 0.717) is 55.0 Å². The fourth-order valence-electron chi connectivity index (χ4n) is 9.47. The number of thiazole rings is 1. The largest absolute Gasteiger partial charge is 0.484 e. The predicted molar refractivity (Wildman–Crippen MR) is 236 cm³/mol. The molecule has 63 heavy (non-hydrogen) atoms. The summed E-state index contributed by atoms with van der Waals surface area (Å²) in [6, 6.07) is -0.314. The Balaban J connectivity index is 1.04. The molecule has 1 saturated heterocycles. The van der Waals surface area contributed by atoms with E-state index in [0.717, 1.165) is 54.8 Å². The van der Waals surface area contributed by atoms with Gasteiger partial charge in [0.25, 0.3) is 5.91 Å².